The molecule has 0 aliphatic carbocycles. The summed E-state index contributed by atoms with van der Waals surface area (Å²) in [6.07, 6.45) is 1.69. The van der Waals surface area contributed by atoms with Crippen molar-refractivity contribution >= 4 is 11.9 Å². The van der Waals surface area contributed by atoms with Gasteiger partial charge in [-0.1, -0.05) is 13.8 Å². The minimum absolute atomic E-state index is 0.152. The zero-order valence-corrected chi connectivity index (χ0v) is 19.4. The van der Waals surface area contributed by atoms with Gasteiger partial charge in [-0.15, -0.1) is 0 Å². The third kappa shape index (κ3) is 3.88. The number of benzene rings is 2. The molecule has 0 aromatic heterocycles. The van der Waals surface area contributed by atoms with Crippen molar-refractivity contribution in [3.8, 4) is 28.7 Å². The van der Waals surface area contributed by atoms with Crippen LogP contribution in [0.3, 0.4) is 0 Å². The lowest BCUT2D eigenvalue weighted by atomic mass is 9.99. The fourth-order valence-electron chi connectivity index (χ4n) is 4.27. The lowest BCUT2D eigenvalue weighted by Gasteiger charge is -2.31. The molecule has 2 aromatic carbocycles. The van der Waals surface area contributed by atoms with Crippen LogP contribution in [0.15, 0.2) is 24.0 Å². The first-order valence-electron chi connectivity index (χ1n) is 10.6. The number of Topliss-reactive ketones (excluding diaryl/α,β-unsaturated/α-hetero) is 1. The Bertz CT molecular complexity index is 1060. The molecule has 0 spiro atoms. The van der Waals surface area contributed by atoms with Crippen LogP contribution < -0.4 is 23.7 Å². The Balaban J connectivity index is 1.69. The molecule has 4 rings (SSSR count). The normalized spacial score (nSPS) is 16.5. The van der Waals surface area contributed by atoms with Crippen molar-refractivity contribution in [2.24, 2.45) is 5.92 Å². The molecule has 7 nitrogen and oxygen atoms in total. The number of carbonyl (C=O) groups is 1. The largest absolute Gasteiger partial charge is 0.493 e. The van der Waals surface area contributed by atoms with Crippen LogP contribution >= 0.6 is 0 Å². The highest BCUT2D eigenvalue weighted by Crippen LogP contribution is 2.44. The molecule has 0 amide bonds. The zero-order chi connectivity index (χ0) is 23.0. The summed E-state index contributed by atoms with van der Waals surface area (Å²) >= 11 is 0. The molecule has 0 saturated heterocycles. The van der Waals surface area contributed by atoms with E-state index in [0.717, 1.165) is 30.0 Å². The molecule has 2 aromatic rings. The van der Waals surface area contributed by atoms with Gasteiger partial charge in [0.15, 0.2) is 17.3 Å². The van der Waals surface area contributed by atoms with Crippen molar-refractivity contribution in [1.82, 2.24) is 4.90 Å². The van der Waals surface area contributed by atoms with Gasteiger partial charge < -0.3 is 23.7 Å². The first-order chi connectivity index (χ1) is 15.4. The van der Waals surface area contributed by atoms with Crippen molar-refractivity contribution in [2.75, 3.05) is 34.6 Å². The first kappa shape index (κ1) is 22.0. The van der Waals surface area contributed by atoms with E-state index < -0.39 is 0 Å². The number of allylic oxidation sites excluding steroid dienone is 1. The Labute approximate surface area is 188 Å². The quantitative estimate of drug-likeness (QED) is 0.616. The number of fused-ring (bicyclic) bond motifs is 2. The predicted molar refractivity (Wildman–Crippen MR) is 121 cm³/mol. The van der Waals surface area contributed by atoms with E-state index in [4.69, 9.17) is 23.7 Å². The maximum Gasteiger partial charge on any atom is 0.231 e. The van der Waals surface area contributed by atoms with Crippen molar-refractivity contribution in [3.63, 3.8) is 0 Å². The second-order valence-corrected chi connectivity index (χ2v) is 8.44. The molecule has 2 aliphatic heterocycles. The van der Waals surface area contributed by atoms with E-state index in [1.165, 1.54) is 0 Å². The van der Waals surface area contributed by atoms with Gasteiger partial charge in [-0.25, -0.2) is 0 Å². The van der Waals surface area contributed by atoms with Crippen molar-refractivity contribution in [3.05, 3.63) is 46.2 Å². The molecule has 2 aliphatic rings. The van der Waals surface area contributed by atoms with Gasteiger partial charge in [0.25, 0.3) is 0 Å². The first-order valence-corrected chi connectivity index (χ1v) is 10.6. The molecule has 0 bridgehead atoms. The van der Waals surface area contributed by atoms with Gasteiger partial charge >= 0.3 is 0 Å². The van der Waals surface area contributed by atoms with Gasteiger partial charge in [0.1, 0.15) is 18.2 Å². The predicted octanol–water partition coefficient (Wildman–Crippen LogP) is 4.44. The molecule has 0 radical (unpaired) electrons. The Hall–Kier alpha value is -3.19. The Morgan fingerprint density at radius 2 is 1.75 bits per heavy atom. The SMILES string of the molecule is COc1cc(/C=C2\Oc3c(cc4c(c3C)OCN(CC(C)C)C4)C2=O)cc(OC)c1OC. The lowest BCUT2D eigenvalue weighted by Crippen LogP contribution is -2.35. The minimum atomic E-state index is -0.152. The number of nitrogens with zero attached hydrogens (tertiary/aromatic N) is 1. The second kappa shape index (κ2) is 8.74. The van der Waals surface area contributed by atoms with Crippen LogP contribution in [0.4, 0.5) is 0 Å². The molecule has 0 N–H and O–H groups in total. The van der Waals surface area contributed by atoms with E-state index in [2.05, 4.69) is 18.7 Å². The molecule has 170 valence electrons. The number of rotatable bonds is 6. The van der Waals surface area contributed by atoms with Crippen LogP contribution in [-0.4, -0.2) is 45.3 Å². The summed E-state index contributed by atoms with van der Waals surface area (Å²) in [5.41, 5.74) is 3.13. The van der Waals surface area contributed by atoms with Crippen LogP contribution in [0.1, 0.15) is 40.9 Å². The Morgan fingerprint density at radius 1 is 1.06 bits per heavy atom. The van der Waals surface area contributed by atoms with Crippen LogP contribution in [0.2, 0.25) is 0 Å². The smallest absolute Gasteiger partial charge is 0.231 e. The number of ether oxygens (including phenoxy) is 5. The third-order valence-electron chi connectivity index (χ3n) is 5.61. The number of hydrogen-bond acceptors (Lipinski definition) is 7. The van der Waals surface area contributed by atoms with Gasteiger partial charge in [-0.3, -0.25) is 9.69 Å². The van der Waals surface area contributed by atoms with E-state index in [1.54, 1.807) is 39.5 Å². The molecule has 0 unspecified atom stereocenters. The van der Waals surface area contributed by atoms with Gasteiger partial charge in [0, 0.05) is 24.2 Å². The zero-order valence-electron chi connectivity index (χ0n) is 19.4. The molecular formula is C25H29NO6. The monoisotopic (exact) mass is 439 g/mol. The number of ketones is 1. The highest BCUT2D eigenvalue weighted by molar-refractivity contribution is 6.15. The van der Waals surface area contributed by atoms with Crippen LogP contribution in [-0.2, 0) is 6.54 Å². The maximum atomic E-state index is 13.2. The summed E-state index contributed by atoms with van der Waals surface area (Å²) in [5, 5.41) is 0. The molecule has 7 heteroatoms. The minimum Gasteiger partial charge on any atom is -0.493 e. The van der Waals surface area contributed by atoms with Gasteiger partial charge in [-0.2, -0.15) is 0 Å². The van der Waals surface area contributed by atoms with E-state index in [9.17, 15) is 4.79 Å². The summed E-state index contributed by atoms with van der Waals surface area (Å²) in [6, 6.07) is 5.46. The van der Waals surface area contributed by atoms with Crippen molar-refractivity contribution in [1.29, 1.82) is 0 Å². The summed E-state index contributed by atoms with van der Waals surface area (Å²) in [7, 11) is 4.66. The standard InChI is InChI=1S/C25H29NO6/c1-14(2)11-26-12-17-10-18-22(27)19(32-24(18)15(3)23(17)31-13-26)7-16-8-20(28-4)25(30-6)21(9-16)29-5/h7-10,14H,11-13H2,1-6H3/b19-7-. The van der Waals surface area contributed by atoms with Gasteiger partial charge in [0.05, 0.1) is 26.9 Å². The lowest BCUT2D eigenvalue weighted by molar-refractivity contribution is 0.0835. The summed E-state index contributed by atoms with van der Waals surface area (Å²) in [5.74, 6) is 3.51. The van der Waals surface area contributed by atoms with Crippen LogP contribution in [0.25, 0.3) is 6.08 Å². The van der Waals surface area contributed by atoms with Crippen molar-refractivity contribution in [2.45, 2.75) is 27.3 Å². The van der Waals surface area contributed by atoms with Gasteiger partial charge in [0.2, 0.25) is 11.5 Å². The summed E-state index contributed by atoms with van der Waals surface area (Å²) in [4.78, 5) is 15.4. The fourth-order valence-corrected chi connectivity index (χ4v) is 4.27. The number of hydrogen-bond donors (Lipinski definition) is 0. The summed E-state index contributed by atoms with van der Waals surface area (Å²) in [6.45, 7) is 8.52. The van der Waals surface area contributed by atoms with Crippen molar-refractivity contribution < 1.29 is 28.5 Å². The number of methoxy groups -OCH3 is 3. The Morgan fingerprint density at radius 3 is 2.34 bits per heavy atom. The molecular weight excluding hydrogens is 410 g/mol. The Kier molecular flexibility index (Phi) is 6.02. The third-order valence-corrected chi connectivity index (χ3v) is 5.61. The van der Waals surface area contributed by atoms with Gasteiger partial charge in [-0.05, 0) is 42.7 Å². The average Bonchev–Trinajstić information content (AvgIpc) is 3.08. The molecule has 0 fully saturated rings. The van der Waals surface area contributed by atoms with E-state index in [1.807, 2.05) is 13.0 Å². The highest BCUT2D eigenvalue weighted by atomic mass is 16.5. The second-order valence-electron chi connectivity index (χ2n) is 8.44. The van der Waals surface area contributed by atoms with E-state index >= 15 is 0 Å². The topological polar surface area (TPSA) is 66.5 Å². The van der Waals surface area contributed by atoms with Crippen LogP contribution in [0, 0.1) is 12.8 Å². The number of carbonyl (C=O) groups excluding carboxylic acids is 1. The van der Waals surface area contributed by atoms with E-state index in [0.29, 0.717) is 46.8 Å². The molecule has 2 heterocycles. The van der Waals surface area contributed by atoms with E-state index in [-0.39, 0.29) is 11.5 Å². The average molecular weight is 440 g/mol. The maximum absolute atomic E-state index is 13.2. The highest BCUT2D eigenvalue weighted by Gasteiger charge is 2.33. The molecule has 32 heavy (non-hydrogen) atoms. The summed E-state index contributed by atoms with van der Waals surface area (Å²) < 4.78 is 28.3. The molecule has 0 atom stereocenters. The fraction of sp³-hybridized carbons (Fsp3) is 0.400. The molecule has 0 saturated carbocycles. The van der Waals surface area contributed by atoms with Crippen LogP contribution in [0.5, 0.6) is 28.7 Å².